The van der Waals surface area contributed by atoms with Crippen LogP contribution in [0.15, 0.2) is 18.2 Å². The molecular formula is C14H14F5NOS. The molecule has 1 unspecified atom stereocenters. The lowest BCUT2D eigenvalue weighted by Crippen LogP contribution is -2.35. The van der Waals surface area contributed by atoms with Crippen LogP contribution in [-0.2, 0) is 4.79 Å². The third kappa shape index (κ3) is 4.59. The number of benzene rings is 1. The third-order valence-corrected chi connectivity index (χ3v) is 4.66. The molecule has 1 heterocycles. The van der Waals surface area contributed by atoms with Crippen molar-refractivity contribution >= 4 is 17.7 Å². The number of rotatable bonds is 2. The second-order valence-corrected chi connectivity index (χ2v) is 6.30. The number of thioether (sulfide) groups is 1. The summed E-state index contributed by atoms with van der Waals surface area (Å²) < 4.78 is 63.8. The van der Waals surface area contributed by atoms with Gasteiger partial charge in [-0.3, -0.25) is 4.79 Å². The van der Waals surface area contributed by atoms with Crippen molar-refractivity contribution in [3.05, 3.63) is 35.4 Å². The molecule has 2 nitrogen and oxygen atoms in total. The summed E-state index contributed by atoms with van der Waals surface area (Å²) in [5.74, 6) is -1.71. The number of alkyl halides is 3. The van der Waals surface area contributed by atoms with E-state index >= 15 is 0 Å². The predicted octanol–water partition coefficient (Wildman–Crippen LogP) is 3.92. The highest BCUT2D eigenvalue weighted by atomic mass is 32.2. The average molecular weight is 339 g/mol. The van der Waals surface area contributed by atoms with E-state index in [1.54, 1.807) is 0 Å². The summed E-state index contributed by atoms with van der Waals surface area (Å²) in [5.41, 5.74) is 0.190. The minimum Gasteiger partial charge on any atom is -0.342 e. The van der Waals surface area contributed by atoms with Crippen LogP contribution in [0.25, 0.3) is 0 Å². The van der Waals surface area contributed by atoms with E-state index in [2.05, 4.69) is 0 Å². The molecular weight excluding hydrogens is 325 g/mol. The molecule has 1 aromatic carbocycles. The van der Waals surface area contributed by atoms with Gasteiger partial charge in [0.2, 0.25) is 5.91 Å². The van der Waals surface area contributed by atoms with Crippen LogP contribution in [0, 0.1) is 11.6 Å². The zero-order chi connectivity index (χ0) is 16.3. The maximum Gasteiger partial charge on any atom is 0.397 e. The molecule has 0 N–H and O–H groups in total. The molecule has 0 aliphatic carbocycles. The summed E-state index contributed by atoms with van der Waals surface area (Å²) in [5, 5.41) is -0.376. The lowest BCUT2D eigenvalue weighted by molar-refractivity contribution is -0.161. The molecule has 122 valence electrons. The Bertz CT molecular complexity index is 549. The first-order valence-corrected chi connectivity index (χ1v) is 7.72. The molecule has 0 spiro atoms. The Kier molecular flexibility index (Phi) is 5.31. The third-order valence-electron chi connectivity index (χ3n) is 3.35. The summed E-state index contributed by atoms with van der Waals surface area (Å²) in [4.78, 5) is 12.7. The fourth-order valence-corrected chi connectivity index (χ4v) is 3.56. The van der Waals surface area contributed by atoms with E-state index in [1.165, 1.54) is 11.8 Å². The summed E-state index contributed by atoms with van der Waals surface area (Å²) >= 11 is 1.32. The van der Waals surface area contributed by atoms with Crippen molar-refractivity contribution in [3.63, 3.8) is 0 Å². The Morgan fingerprint density at radius 1 is 1.27 bits per heavy atom. The number of hydrogen-bond acceptors (Lipinski definition) is 2. The average Bonchev–Trinajstić information content (AvgIpc) is 2.65. The molecule has 22 heavy (non-hydrogen) atoms. The van der Waals surface area contributed by atoms with Crippen LogP contribution in [0.2, 0.25) is 0 Å². The summed E-state index contributed by atoms with van der Waals surface area (Å²) in [6.07, 6.45) is -5.74. The Balaban J connectivity index is 2.03. The smallest absolute Gasteiger partial charge is 0.342 e. The molecule has 0 aromatic heterocycles. The maximum atomic E-state index is 13.8. The number of nitrogens with zero attached hydrogens (tertiary/aromatic N) is 1. The monoisotopic (exact) mass is 339 g/mol. The van der Waals surface area contributed by atoms with E-state index in [4.69, 9.17) is 0 Å². The van der Waals surface area contributed by atoms with Gasteiger partial charge in [-0.25, -0.2) is 8.78 Å². The van der Waals surface area contributed by atoms with Crippen LogP contribution in [0.3, 0.4) is 0 Å². The second kappa shape index (κ2) is 6.85. The minimum atomic E-state index is -4.54. The van der Waals surface area contributed by atoms with E-state index in [1.807, 2.05) is 0 Å². The highest BCUT2D eigenvalue weighted by Gasteiger charge is 2.34. The summed E-state index contributed by atoms with van der Waals surface area (Å²) in [7, 11) is 0. The van der Waals surface area contributed by atoms with Crippen LogP contribution >= 0.6 is 11.8 Å². The molecule has 1 saturated heterocycles. The van der Waals surface area contributed by atoms with Crippen LogP contribution in [0.5, 0.6) is 0 Å². The van der Waals surface area contributed by atoms with Crippen molar-refractivity contribution in [3.8, 4) is 0 Å². The molecule has 0 saturated carbocycles. The van der Waals surface area contributed by atoms with Gasteiger partial charge in [0.05, 0.1) is 0 Å². The molecule has 8 heteroatoms. The maximum absolute atomic E-state index is 13.8. The first kappa shape index (κ1) is 17.1. The van der Waals surface area contributed by atoms with Crippen LogP contribution in [0.1, 0.15) is 23.7 Å². The van der Waals surface area contributed by atoms with E-state index in [9.17, 15) is 26.7 Å². The van der Waals surface area contributed by atoms with E-state index in [-0.39, 0.29) is 30.3 Å². The lowest BCUT2D eigenvalue weighted by atomic mass is 10.1. The van der Waals surface area contributed by atoms with Gasteiger partial charge in [-0.2, -0.15) is 24.9 Å². The highest BCUT2D eigenvalue weighted by Crippen LogP contribution is 2.36. The van der Waals surface area contributed by atoms with E-state index in [0.29, 0.717) is 5.75 Å². The second-order valence-electron chi connectivity index (χ2n) is 4.99. The number of carbonyl (C=O) groups excluding carboxylic acids is 1. The van der Waals surface area contributed by atoms with Gasteiger partial charge in [-0.15, -0.1) is 0 Å². The van der Waals surface area contributed by atoms with Crippen LogP contribution < -0.4 is 0 Å². The van der Waals surface area contributed by atoms with Gasteiger partial charge in [0.25, 0.3) is 0 Å². The zero-order valence-electron chi connectivity index (χ0n) is 11.5. The predicted molar refractivity (Wildman–Crippen MR) is 73.4 cm³/mol. The zero-order valence-corrected chi connectivity index (χ0v) is 12.3. The molecule has 0 bridgehead atoms. The van der Waals surface area contributed by atoms with Crippen LogP contribution in [-0.4, -0.2) is 35.8 Å². The highest BCUT2D eigenvalue weighted by molar-refractivity contribution is 7.99. The standard InChI is InChI=1S/C14H14F5NOS/c15-9-1-2-11(16)10(7-9)12-3-4-20(5-6-22-12)13(21)8-14(17,18)19/h1-2,7,12H,3-6,8H2. The van der Waals surface area contributed by atoms with Crippen molar-refractivity contribution in [2.45, 2.75) is 24.3 Å². The van der Waals surface area contributed by atoms with Gasteiger partial charge in [-0.05, 0) is 24.6 Å². The first-order chi connectivity index (χ1) is 10.3. The molecule has 1 aliphatic rings. The minimum absolute atomic E-state index is 0.0997. The SMILES string of the molecule is O=C(CC(F)(F)F)N1CCSC(c2cc(F)ccc2F)CC1. The quantitative estimate of drug-likeness (QED) is 0.761. The van der Waals surface area contributed by atoms with E-state index in [0.717, 1.165) is 23.1 Å². The number of amides is 1. The topological polar surface area (TPSA) is 20.3 Å². The van der Waals surface area contributed by atoms with Gasteiger partial charge in [0, 0.05) is 29.7 Å². The van der Waals surface area contributed by atoms with Crippen LogP contribution in [0.4, 0.5) is 22.0 Å². The molecule has 1 aliphatic heterocycles. The molecule has 1 fully saturated rings. The number of carbonyl (C=O) groups is 1. The van der Waals surface area contributed by atoms with Crippen molar-refractivity contribution in [2.75, 3.05) is 18.8 Å². The van der Waals surface area contributed by atoms with Gasteiger partial charge in [0.15, 0.2) is 0 Å². The van der Waals surface area contributed by atoms with Crippen molar-refractivity contribution in [2.24, 2.45) is 0 Å². The van der Waals surface area contributed by atoms with Gasteiger partial charge < -0.3 is 4.90 Å². The fourth-order valence-electron chi connectivity index (χ4n) is 2.31. The first-order valence-electron chi connectivity index (χ1n) is 6.67. The molecule has 0 radical (unpaired) electrons. The Morgan fingerprint density at radius 3 is 2.68 bits per heavy atom. The fraction of sp³-hybridized carbons (Fsp3) is 0.500. The summed E-state index contributed by atoms with van der Waals surface area (Å²) in [6, 6.07) is 3.14. The Hall–Kier alpha value is -1.31. The van der Waals surface area contributed by atoms with Crippen molar-refractivity contribution < 1.29 is 26.7 Å². The lowest BCUT2D eigenvalue weighted by Gasteiger charge is -2.21. The Morgan fingerprint density at radius 2 is 2.00 bits per heavy atom. The number of hydrogen-bond donors (Lipinski definition) is 0. The summed E-state index contributed by atoms with van der Waals surface area (Å²) in [6.45, 7) is 0.273. The largest absolute Gasteiger partial charge is 0.397 e. The molecule has 2 rings (SSSR count). The number of halogens is 5. The van der Waals surface area contributed by atoms with E-state index < -0.39 is 30.1 Å². The van der Waals surface area contributed by atoms with Gasteiger partial charge >= 0.3 is 6.18 Å². The van der Waals surface area contributed by atoms with Gasteiger partial charge in [0.1, 0.15) is 18.1 Å². The Labute approximate surface area is 128 Å². The molecule has 1 atom stereocenters. The molecule has 1 aromatic rings. The van der Waals surface area contributed by atoms with Crippen molar-refractivity contribution in [1.82, 2.24) is 4.90 Å². The van der Waals surface area contributed by atoms with Gasteiger partial charge in [-0.1, -0.05) is 0 Å². The normalized spacial score (nSPS) is 19.9. The van der Waals surface area contributed by atoms with Crippen molar-refractivity contribution in [1.29, 1.82) is 0 Å². The molecule has 1 amide bonds.